The minimum Gasteiger partial charge on any atom is -0.482 e. The number of hydrogen-bond donors (Lipinski definition) is 0. The number of carbonyl (C=O) groups is 1. The van der Waals surface area contributed by atoms with Crippen LogP contribution in [0.2, 0.25) is 5.02 Å². The summed E-state index contributed by atoms with van der Waals surface area (Å²) >= 11 is 6.07. The van der Waals surface area contributed by atoms with Crippen molar-refractivity contribution in [2.75, 3.05) is 11.5 Å². The van der Waals surface area contributed by atoms with E-state index in [0.29, 0.717) is 28.7 Å². The van der Waals surface area contributed by atoms with Crippen LogP contribution in [0.3, 0.4) is 0 Å². The third-order valence-electron chi connectivity index (χ3n) is 4.09. The molecule has 2 heterocycles. The number of halogens is 1. The zero-order valence-electron chi connectivity index (χ0n) is 13.5. The van der Waals surface area contributed by atoms with Crippen molar-refractivity contribution in [1.29, 1.82) is 0 Å². The number of fused-ring (bicyclic) bond motifs is 1. The highest BCUT2D eigenvalue weighted by Gasteiger charge is 2.26. The van der Waals surface area contributed by atoms with Gasteiger partial charge in [-0.1, -0.05) is 35.0 Å². The lowest BCUT2D eigenvalue weighted by molar-refractivity contribution is -0.121. The van der Waals surface area contributed by atoms with Gasteiger partial charge in [0.2, 0.25) is 0 Å². The number of hydrogen-bond acceptors (Lipinski definition) is 4. The van der Waals surface area contributed by atoms with Crippen LogP contribution in [0.1, 0.15) is 11.3 Å². The fourth-order valence-electron chi connectivity index (χ4n) is 2.82. The molecule has 126 valence electrons. The number of rotatable bonds is 3. The van der Waals surface area contributed by atoms with Gasteiger partial charge in [-0.05, 0) is 36.8 Å². The van der Waals surface area contributed by atoms with Crippen molar-refractivity contribution >= 4 is 23.2 Å². The fourth-order valence-corrected chi connectivity index (χ4v) is 2.99. The van der Waals surface area contributed by atoms with Gasteiger partial charge in [0, 0.05) is 5.02 Å². The Bertz CT molecular complexity index is 954. The molecular formula is C18H15ClN4O2. The predicted octanol–water partition coefficient (Wildman–Crippen LogP) is 3.15. The van der Waals surface area contributed by atoms with E-state index in [9.17, 15) is 4.79 Å². The number of amides is 1. The van der Waals surface area contributed by atoms with Gasteiger partial charge >= 0.3 is 0 Å². The number of anilines is 1. The number of ether oxygens (including phenoxy) is 1. The van der Waals surface area contributed by atoms with Crippen LogP contribution in [0, 0.1) is 6.92 Å². The molecular weight excluding hydrogens is 340 g/mol. The summed E-state index contributed by atoms with van der Waals surface area (Å²) < 4.78 is 7.17. The van der Waals surface area contributed by atoms with E-state index in [4.69, 9.17) is 16.3 Å². The largest absolute Gasteiger partial charge is 0.482 e. The van der Waals surface area contributed by atoms with Gasteiger partial charge in [0.1, 0.15) is 11.4 Å². The molecule has 0 radical (unpaired) electrons. The predicted molar refractivity (Wildman–Crippen MR) is 94.2 cm³/mol. The van der Waals surface area contributed by atoms with E-state index in [1.54, 1.807) is 27.8 Å². The average Bonchev–Trinajstić information content (AvgIpc) is 3.06. The first-order valence-corrected chi connectivity index (χ1v) is 8.19. The van der Waals surface area contributed by atoms with Gasteiger partial charge in [0.25, 0.3) is 5.91 Å². The maximum atomic E-state index is 12.3. The molecule has 0 fully saturated rings. The summed E-state index contributed by atoms with van der Waals surface area (Å²) in [5.74, 6) is 0.496. The topological polar surface area (TPSA) is 60.2 Å². The highest BCUT2D eigenvalue weighted by molar-refractivity contribution is 6.31. The Kier molecular flexibility index (Phi) is 3.89. The highest BCUT2D eigenvalue weighted by atomic mass is 35.5. The number of nitrogens with zero attached hydrogens (tertiary/aromatic N) is 4. The Morgan fingerprint density at radius 3 is 2.88 bits per heavy atom. The molecule has 1 aliphatic rings. The monoisotopic (exact) mass is 354 g/mol. The molecule has 0 saturated carbocycles. The van der Waals surface area contributed by atoms with Gasteiger partial charge < -0.3 is 4.74 Å². The number of para-hydroxylation sites is 1. The van der Waals surface area contributed by atoms with Crippen LogP contribution in [0.25, 0.3) is 5.69 Å². The molecule has 0 unspecified atom stereocenters. The Labute approximate surface area is 149 Å². The normalized spacial score (nSPS) is 13.5. The molecule has 3 aromatic rings. The van der Waals surface area contributed by atoms with E-state index in [0.717, 1.165) is 11.3 Å². The number of aromatic nitrogens is 3. The summed E-state index contributed by atoms with van der Waals surface area (Å²) in [6.45, 7) is 2.32. The van der Waals surface area contributed by atoms with Crippen molar-refractivity contribution in [3.05, 3.63) is 64.9 Å². The Morgan fingerprint density at radius 2 is 2.04 bits per heavy atom. The second-order valence-electron chi connectivity index (χ2n) is 5.82. The quantitative estimate of drug-likeness (QED) is 0.725. The average molecular weight is 355 g/mol. The van der Waals surface area contributed by atoms with Crippen LogP contribution in [0.5, 0.6) is 5.75 Å². The molecule has 7 heteroatoms. The molecule has 0 bridgehead atoms. The van der Waals surface area contributed by atoms with Crippen molar-refractivity contribution in [2.45, 2.75) is 13.5 Å². The van der Waals surface area contributed by atoms with Crippen molar-refractivity contribution in [1.82, 2.24) is 15.0 Å². The van der Waals surface area contributed by atoms with E-state index >= 15 is 0 Å². The summed E-state index contributed by atoms with van der Waals surface area (Å²) in [4.78, 5) is 13.9. The Morgan fingerprint density at radius 1 is 1.20 bits per heavy atom. The lowest BCUT2D eigenvalue weighted by atomic mass is 10.2. The fraction of sp³-hybridized carbons (Fsp3) is 0.167. The Hall–Kier alpha value is -2.86. The first-order valence-electron chi connectivity index (χ1n) is 7.82. The molecule has 25 heavy (non-hydrogen) atoms. The van der Waals surface area contributed by atoms with E-state index in [1.165, 1.54) is 0 Å². The molecule has 4 rings (SSSR count). The Balaban J connectivity index is 1.64. The molecule has 2 aromatic carbocycles. The van der Waals surface area contributed by atoms with Gasteiger partial charge in [0.05, 0.1) is 24.1 Å². The van der Waals surface area contributed by atoms with Crippen molar-refractivity contribution in [2.24, 2.45) is 0 Å². The first-order chi connectivity index (χ1) is 12.1. The smallest absolute Gasteiger partial charge is 0.265 e. The van der Waals surface area contributed by atoms with Gasteiger partial charge in [0.15, 0.2) is 6.61 Å². The zero-order valence-corrected chi connectivity index (χ0v) is 14.3. The molecule has 1 aromatic heterocycles. The lowest BCUT2D eigenvalue weighted by Crippen LogP contribution is -2.38. The molecule has 0 N–H and O–H groups in total. The van der Waals surface area contributed by atoms with Crippen molar-refractivity contribution in [3.63, 3.8) is 0 Å². The minimum atomic E-state index is -0.139. The lowest BCUT2D eigenvalue weighted by Gasteiger charge is -2.28. The van der Waals surface area contributed by atoms with Crippen LogP contribution in [-0.4, -0.2) is 27.5 Å². The summed E-state index contributed by atoms with van der Waals surface area (Å²) in [6.07, 6.45) is 1.83. The van der Waals surface area contributed by atoms with Crippen LogP contribution in [0.4, 0.5) is 5.69 Å². The van der Waals surface area contributed by atoms with Crippen LogP contribution in [0.15, 0.2) is 48.7 Å². The summed E-state index contributed by atoms with van der Waals surface area (Å²) in [6, 6.07) is 13.1. The maximum absolute atomic E-state index is 12.3. The molecule has 1 amide bonds. The minimum absolute atomic E-state index is 0.000558. The zero-order chi connectivity index (χ0) is 17.4. The standard InChI is InChI=1S/C18H15ClN4O2/c1-12-4-2-3-5-15(12)23-10-14(20-21-23)9-22-16-8-13(19)6-7-17(16)25-11-18(22)24/h2-8,10H,9,11H2,1H3. The van der Waals surface area contributed by atoms with Crippen LogP contribution >= 0.6 is 11.6 Å². The van der Waals surface area contributed by atoms with Gasteiger partial charge in [-0.3, -0.25) is 9.69 Å². The molecule has 6 nitrogen and oxygen atoms in total. The first kappa shape index (κ1) is 15.7. The number of aryl methyl sites for hydroxylation is 1. The third-order valence-corrected chi connectivity index (χ3v) is 4.32. The molecule has 0 spiro atoms. The van der Waals surface area contributed by atoms with Crippen LogP contribution < -0.4 is 9.64 Å². The van der Waals surface area contributed by atoms with Gasteiger partial charge in [-0.15, -0.1) is 5.10 Å². The number of carbonyl (C=O) groups excluding carboxylic acids is 1. The second kappa shape index (κ2) is 6.22. The van der Waals surface area contributed by atoms with Crippen molar-refractivity contribution < 1.29 is 9.53 Å². The van der Waals surface area contributed by atoms with E-state index < -0.39 is 0 Å². The van der Waals surface area contributed by atoms with Gasteiger partial charge in [-0.2, -0.15) is 0 Å². The van der Waals surface area contributed by atoms with E-state index in [2.05, 4.69) is 10.3 Å². The van der Waals surface area contributed by atoms with Gasteiger partial charge in [-0.25, -0.2) is 4.68 Å². The highest BCUT2D eigenvalue weighted by Crippen LogP contribution is 2.35. The van der Waals surface area contributed by atoms with E-state index in [1.807, 2.05) is 37.4 Å². The number of benzene rings is 2. The molecule has 0 aliphatic carbocycles. The molecule has 1 aliphatic heterocycles. The summed E-state index contributed by atoms with van der Waals surface area (Å²) in [7, 11) is 0. The molecule has 0 saturated heterocycles. The maximum Gasteiger partial charge on any atom is 0.265 e. The summed E-state index contributed by atoms with van der Waals surface area (Å²) in [5, 5.41) is 8.93. The van der Waals surface area contributed by atoms with Crippen LogP contribution in [-0.2, 0) is 11.3 Å². The molecule has 0 atom stereocenters. The van der Waals surface area contributed by atoms with E-state index in [-0.39, 0.29) is 12.5 Å². The second-order valence-corrected chi connectivity index (χ2v) is 6.26. The summed E-state index contributed by atoms with van der Waals surface area (Å²) in [5.41, 5.74) is 3.38. The SMILES string of the molecule is Cc1ccccc1-n1cc(CN2C(=O)COc3ccc(Cl)cc32)nn1. The van der Waals surface area contributed by atoms with Crippen molar-refractivity contribution in [3.8, 4) is 11.4 Å². The third kappa shape index (κ3) is 2.96.